The molecule has 3 rings (SSSR count). The third-order valence-corrected chi connectivity index (χ3v) is 5.51. The van der Waals surface area contributed by atoms with Gasteiger partial charge in [-0.05, 0) is 44.5 Å². The number of aromatic nitrogens is 2. The van der Waals surface area contributed by atoms with E-state index in [4.69, 9.17) is 0 Å². The summed E-state index contributed by atoms with van der Waals surface area (Å²) in [5.74, 6) is 0.234. The van der Waals surface area contributed by atoms with Crippen molar-refractivity contribution in [2.24, 2.45) is 0 Å². The first-order valence-corrected chi connectivity index (χ1v) is 9.50. The average molecular weight is 433 g/mol. The van der Waals surface area contributed by atoms with E-state index in [0.29, 0.717) is 22.1 Å². The Kier molecular flexibility index (Phi) is 5.06. The van der Waals surface area contributed by atoms with E-state index in [1.807, 2.05) is 20.8 Å². The van der Waals surface area contributed by atoms with Crippen LogP contribution in [0.1, 0.15) is 33.7 Å². The van der Waals surface area contributed by atoms with E-state index < -0.39 is 0 Å². The number of nitrogens with one attached hydrogen (secondary N) is 2. The molecule has 0 unspecified atom stereocenters. The molecule has 6 nitrogen and oxygen atoms in total. The summed E-state index contributed by atoms with van der Waals surface area (Å²) in [7, 11) is 0. The van der Waals surface area contributed by atoms with Gasteiger partial charge in [0.25, 0.3) is 5.91 Å². The summed E-state index contributed by atoms with van der Waals surface area (Å²) in [5.41, 5.74) is 2.79. The van der Waals surface area contributed by atoms with Crippen molar-refractivity contribution in [2.45, 2.75) is 27.7 Å². The third-order valence-electron chi connectivity index (χ3n) is 3.83. The lowest BCUT2D eigenvalue weighted by molar-refractivity contribution is -0.114. The number of rotatable bonds is 3. The standard InChI is InChI=1S/C18H17BrN4O2S/c1-8-15-9(2)20-10(3)21-18(15)26-16(8)17(25)23-14-7-12(19)5-6-13(14)22-11(4)24/h5-7H,1-4H3,(H,22,24)(H,23,25). The number of hydrogen-bond acceptors (Lipinski definition) is 5. The fourth-order valence-electron chi connectivity index (χ4n) is 2.79. The Labute approximate surface area is 163 Å². The second-order valence-corrected chi connectivity index (χ2v) is 7.83. The fourth-order valence-corrected chi connectivity index (χ4v) is 4.32. The molecule has 2 heterocycles. The summed E-state index contributed by atoms with van der Waals surface area (Å²) < 4.78 is 0.798. The van der Waals surface area contributed by atoms with Crippen LogP contribution < -0.4 is 10.6 Å². The molecule has 0 aliphatic carbocycles. The van der Waals surface area contributed by atoms with Gasteiger partial charge in [-0.25, -0.2) is 9.97 Å². The van der Waals surface area contributed by atoms with Crippen LogP contribution in [0.3, 0.4) is 0 Å². The Morgan fingerprint density at radius 3 is 2.50 bits per heavy atom. The van der Waals surface area contributed by atoms with Crippen LogP contribution in [0.15, 0.2) is 22.7 Å². The Morgan fingerprint density at radius 2 is 1.81 bits per heavy atom. The molecule has 26 heavy (non-hydrogen) atoms. The predicted octanol–water partition coefficient (Wildman–Crippen LogP) is 4.59. The van der Waals surface area contributed by atoms with E-state index in [-0.39, 0.29) is 11.8 Å². The highest BCUT2D eigenvalue weighted by atomic mass is 79.9. The van der Waals surface area contributed by atoms with Crippen LogP contribution >= 0.6 is 27.3 Å². The summed E-state index contributed by atoms with van der Waals surface area (Å²) in [6, 6.07) is 5.28. The van der Waals surface area contributed by atoms with E-state index in [9.17, 15) is 9.59 Å². The van der Waals surface area contributed by atoms with Gasteiger partial charge >= 0.3 is 0 Å². The van der Waals surface area contributed by atoms with Crippen molar-refractivity contribution < 1.29 is 9.59 Å². The summed E-state index contributed by atoms with van der Waals surface area (Å²) in [5, 5.41) is 6.53. The number of benzene rings is 1. The van der Waals surface area contributed by atoms with Gasteiger partial charge in [-0.2, -0.15) is 0 Å². The monoisotopic (exact) mass is 432 g/mol. The van der Waals surface area contributed by atoms with E-state index >= 15 is 0 Å². The normalized spacial score (nSPS) is 10.8. The first-order chi connectivity index (χ1) is 12.3. The molecule has 0 radical (unpaired) electrons. The number of nitrogens with zero attached hydrogens (tertiary/aromatic N) is 2. The SMILES string of the molecule is CC(=O)Nc1ccc(Br)cc1NC(=O)c1sc2nc(C)nc(C)c2c1C. The molecule has 2 amide bonds. The zero-order valence-electron chi connectivity index (χ0n) is 14.7. The lowest BCUT2D eigenvalue weighted by atomic mass is 10.1. The summed E-state index contributed by atoms with van der Waals surface area (Å²) in [6.45, 7) is 7.08. The molecule has 0 spiro atoms. The zero-order valence-corrected chi connectivity index (χ0v) is 17.1. The molecule has 0 aliphatic rings. The Hall–Kier alpha value is -2.32. The van der Waals surface area contributed by atoms with Crippen LogP contribution in [-0.4, -0.2) is 21.8 Å². The lowest BCUT2D eigenvalue weighted by Crippen LogP contribution is -2.15. The van der Waals surface area contributed by atoms with Crippen molar-refractivity contribution in [1.29, 1.82) is 0 Å². The molecule has 2 aromatic heterocycles. The molecule has 0 saturated heterocycles. The summed E-state index contributed by atoms with van der Waals surface area (Å²) in [4.78, 5) is 34.5. The maximum atomic E-state index is 12.9. The molecule has 0 bridgehead atoms. The second-order valence-electron chi connectivity index (χ2n) is 5.92. The van der Waals surface area contributed by atoms with Gasteiger partial charge in [0.2, 0.25) is 5.91 Å². The number of halogens is 1. The van der Waals surface area contributed by atoms with Gasteiger partial charge in [-0.1, -0.05) is 15.9 Å². The van der Waals surface area contributed by atoms with Gasteiger partial charge in [-0.3, -0.25) is 9.59 Å². The molecule has 8 heteroatoms. The van der Waals surface area contributed by atoms with Crippen LogP contribution in [0, 0.1) is 20.8 Å². The molecule has 1 aromatic carbocycles. The van der Waals surface area contributed by atoms with E-state index in [1.165, 1.54) is 18.3 Å². The van der Waals surface area contributed by atoms with Crippen molar-refractivity contribution in [2.75, 3.05) is 10.6 Å². The third kappa shape index (κ3) is 3.61. The molecule has 0 saturated carbocycles. The topological polar surface area (TPSA) is 84.0 Å². The van der Waals surface area contributed by atoms with Gasteiger partial charge in [-0.15, -0.1) is 11.3 Å². The Bertz CT molecular complexity index is 1050. The zero-order chi connectivity index (χ0) is 19.0. The quantitative estimate of drug-likeness (QED) is 0.633. The van der Waals surface area contributed by atoms with Gasteiger partial charge in [0.1, 0.15) is 10.7 Å². The number of hydrogen-bond donors (Lipinski definition) is 2. The molecular weight excluding hydrogens is 416 g/mol. The van der Waals surface area contributed by atoms with Crippen LogP contribution in [-0.2, 0) is 4.79 Å². The number of aryl methyl sites for hydroxylation is 3. The summed E-state index contributed by atoms with van der Waals surface area (Å²) >= 11 is 4.73. The van der Waals surface area contributed by atoms with E-state index in [2.05, 4.69) is 36.5 Å². The number of anilines is 2. The largest absolute Gasteiger partial charge is 0.325 e. The van der Waals surface area contributed by atoms with Crippen LogP contribution in [0.2, 0.25) is 0 Å². The molecule has 3 aromatic rings. The van der Waals surface area contributed by atoms with Gasteiger partial charge in [0.15, 0.2) is 0 Å². The van der Waals surface area contributed by atoms with Crippen LogP contribution in [0.5, 0.6) is 0 Å². The van der Waals surface area contributed by atoms with Crippen molar-refractivity contribution >= 4 is 60.7 Å². The highest BCUT2D eigenvalue weighted by molar-refractivity contribution is 9.10. The molecule has 0 fully saturated rings. The minimum atomic E-state index is -0.243. The van der Waals surface area contributed by atoms with Crippen LogP contribution in [0.25, 0.3) is 10.2 Å². The second kappa shape index (κ2) is 7.13. The number of carbonyl (C=O) groups is 2. The molecule has 2 N–H and O–H groups in total. The predicted molar refractivity (Wildman–Crippen MR) is 108 cm³/mol. The minimum absolute atomic E-state index is 0.206. The minimum Gasteiger partial charge on any atom is -0.325 e. The smallest absolute Gasteiger partial charge is 0.266 e. The molecule has 0 atom stereocenters. The fraction of sp³-hybridized carbons (Fsp3) is 0.222. The van der Waals surface area contributed by atoms with Crippen molar-refractivity contribution in [1.82, 2.24) is 9.97 Å². The number of fused-ring (bicyclic) bond motifs is 1. The van der Waals surface area contributed by atoms with Crippen molar-refractivity contribution in [3.05, 3.63) is 44.6 Å². The first-order valence-electron chi connectivity index (χ1n) is 7.89. The van der Waals surface area contributed by atoms with Crippen molar-refractivity contribution in [3.63, 3.8) is 0 Å². The first kappa shape index (κ1) is 18.5. The number of amides is 2. The van der Waals surface area contributed by atoms with E-state index in [1.54, 1.807) is 18.2 Å². The van der Waals surface area contributed by atoms with Gasteiger partial charge < -0.3 is 10.6 Å². The maximum absolute atomic E-state index is 12.9. The highest BCUT2D eigenvalue weighted by Gasteiger charge is 2.20. The molecule has 134 valence electrons. The number of thiophene rings is 1. The summed E-state index contributed by atoms with van der Waals surface area (Å²) in [6.07, 6.45) is 0. The van der Waals surface area contributed by atoms with Crippen LogP contribution in [0.4, 0.5) is 11.4 Å². The Morgan fingerprint density at radius 1 is 1.08 bits per heavy atom. The Balaban J connectivity index is 2.00. The molecule has 0 aliphatic heterocycles. The van der Waals surface area contributed by atoms with Gasteiger partial charge in [0.05, 0.1) is 16.3 Å². The number of carbonyl (C=O) groups excluding carboxylic acids is 2. The van der Waals surface area contributed by atoms with Gasteiger partial charge in [0, 0.05) is 22.5 Å². The lowest BCUT2D eigenvalue weighted by Gasteiger charge is -2.12. The average Bonchev–Trinajstić information content (AvgIpc) is 2.86. The molecular formula is C18H17BrN4O2S. The maximum Gasteiger partial charge on any atom is 0.266 e. The highest BCUT2D eigenvalue weighted by Crippen LogP contribution is 2.33. The van der Waals surface area contributed by atoms with Crippen molar-refractivity contribution in [3.8, 4) is 0 Å². The van der Waals surface area contributed by atoms with E-state index in [0.717, 1.165) is 25.9 Å².